The molecular weight excluding hydrogens is 256 g/mol. The van der Waals surface area contributed by atoms with E-state index in [1.807, 2.05) is 27.7 Å². The smallest absolute Gasteiger partial charge is 0.328 e. The summed E-state index contributed by atoms with van der Waals surface area (Å²) < 4.78 is 12.7. The van der Waals surface area contributed by atoms with Gasteiger partial charge in [-0.1, -0.05) is 0 Å². The maximum atomic E-state index is 12.0. The van der Waals surface area contributed by atoms with Crippen molar-refractivity contribution in [3.05, 3.63) is 11.3 Å². The molecule has 0 fully saturated rings. The summed E-state index contributed by atoms with van der Waals surface area (Å²) in [5.74, 6) is 0.433. The molecule has 0 saturated carbocycles. The number of nitrogens with zero attached hydrogens (tertiary/aromatic N) is 2. The van der Waals surface area contributed by atoms with Gasteiger partial charge in [-0.3, -0.25) is 9.48 Å². The van der Waals surface area contributed by atoms with E-state index in [0.29, 0.717) is 12.5 Å². The van der Waals surface area contributed by atoms with Gasteiger partial charge in [-0.2, -0.15) is 0 Å². The third-order valence-electron chi connectivity index (χ3n) is 3.20. The summed E-state index contributed by atoms with van der Waals surface area (Å²) in [7, 11) is 0. The van der Waals surface area contributed by atoms with E-state index in [-0.39, 0.29) is 12.5 Å². The maximum absolute atomic E-state index is 12.0. The molecule has 0 saturated heterocycles. The van der Waals surface area contributed by atoms with Crippen molar-refractivity contribution in [1.82, 2.24) is 9.78 Å². The predicted molar refractivity (Wildman–Crippen MR) is 75.9 cm³/mol. The lowest BCUT2D eigenvalue weighted by Gasteiger charge is -2.20. The van der Waals surface area contributed by atoms with Gasteiger partial charge in [0.05, 0.1) is 6.61 Å². The fraction of sp³-hybridized carbons (Fsp3) is 0.733. The van der Waals surface area contributed by atoms with Crippen LogP contribution in [-0.4, -0.2) is 28.0 Å². The van der Waals surface area contributed by atoms with E-state index < -0.39 is 5.60 Å². The first-order valence-electron chi connectivity index (χ1n) is 7.34. The Balaban J connectivity index is 2.17. The predicted octanol–water partition coefficient (Wildman–Crippen LogP) is 2.50. The minimum absolute atomic E-state index is 0.159. The zero-order valence-corrected chi connectivity index (χ0v) is 12.9. The molecular formula is C15H24N2O3. The molecule has 0 atom stereocenters. The maximum Gasteiger partial charge on any atom is 0.328 e. The standard InChI is InChI=1S/C15H24N2O3/c1-5-19-14-11-8-6-7-9-12(11)17(16-14)10-13(18)20-15(2,3)4/h5-10H2,1-4H3. The minimum Gasteiger partial charge on any atom is -0.477 e. The average Bonchev–Trinajstić information content (AvgIpc) is 2.66. The van der Waals surface area contributed by atoms with Crippen molar-refractivity contribution < 1.29 is 14.3 Å². The van der Waals surface area contributed by atoms with Crippen LogP contribution in [-0.2, 0) is 28.9 Å². The lowest BCUT2D eigenvalue weighted by atomic mass is 9.98. The van der Waals surface area contributed by atoms with Gasteiger partial charge in [0.2, 0.25) is 5.88 Å². The monoisotopic (exact) mass is 280 g/mol. The van der Waals surface area contributed by atoms with Crippen LogP contribution in [0, 0.1) is 0 Å². The lowest BCUT2D eigenvalue weighted by Crippen LogP contribution is -2.27. The van der Waals surface area contributed by atoms with Gasteiger partial charge < -0.3 is 9.47 Å². The highest BCUT2D eigenvalue weighted by Gasteiger charge is 2.24. The molecule has 1 aromatic heterocycles. The lowest BCUT2D eigenvalue weighted by molar-refractivity contribution is -0.155. The Morgan fingerprint density at radius 1 is 1.30 bits per heavy atom. The van der Waals surface area contributed by atoms with Crippen molar-refractivity contribution >= 4 is 5.97 Å². The Hall–Kier alpha value is -1.52. The van der Waals surface area contributed by atoms with Crippen molar-refractivity contribution in [2.45, 2.75) is 65.5 Å². The minimum atomic E-state index is -0.465. The number of rotatable bonds is 4. The SMILES string of the molecule is CCOc1nn(CC(=O)OC(C)(C)C)c2c1CCCC2. The Bertz CT molecular complexity index is 486. The van der Waals surface area contributed by atoms with Crippen LogP contribution in [0.25, 0.3) is 0 Å². The van der Waals surface area contributed by atoms with E-state index in [1.54, 1.807) is 4.68 Å². The number of hydrogen-bond acceptors (Lipinski definition) is 4. The van der Waals surface area contributed by atoms with Crippen molar-refractivity contribution in [2.24, 2.45) is 0 Å². The molecule has 0 aromatic carbocycles. The van der Waals surface area contributed by atoms with Crippen LogP contribution in [0.1, 0.15) is 51.8 Å². The molecule has 5 nitrogen and oxygen atoms in total. The molecule has 20 heavy (non-hydrogen) atoms. The van der Waals surface area contributed by atoms with Crippen LogP contribution in [0.15, 0.2) is 0 Å². The largest absolute Gasteiger partial charge is 0.477 e. The summed E-state index contributed by atoms with van der Waals surface area (Å²) in [6, 6.07) is 0. The van der Waals surface area contributed by atoms with Crippen LogP contribution in [0.2, 0.25) is 0 Å². The van der Waals surface area contributed by atoms with E-state index in [9.17, 15) is 4.79 Å². The number of aromatic nitrogens is 2. The second kappa shape index (κ2) is 5.85. The summed E-state index contributed by atoms with van der Waals surface area (Å²) in [6.45, 7) is 8.31. The Labute approximate surface area is 120 Å². The normalized spacial score (nSPS) is 14.8. The van der Waals surface area contributed by atoms with Crippen LogP contribution < -0.4 is 4.74 Å². The van der Waals surface area contributed by atoms with Crippen LogP contribution in [0.4, 0.5) is 0 Å². The van der Waals surface area contributed by atoms with Gasteiger partial charge in [-0.25, -0.2) is 0 Å². The number of ether oxygens (including phenoxy) is 2. The van der Waals surface area contributed by atoms with E-state index in [2.05, 4.69) is 5.10 Å². The Morgan fingerprint density at radius 2 is 2.00 bits per heavy atom. The summed E-state index contributed by atoms with van der Waals surface area (Å²) in [5.41, 5.74) is 1.83. The van der Waals surface area contributed by atoms with Crippen molar-refractivity contribution in [2.75, 3.05) is 6.61 Å². The van der Waals surface area contributed by atoms with Gasteiger partial charge in [0, 0.05) is 11.3 Å². The number of carbonyl (C=O) groups is 1. The average molecular weight is 280 g/mol. The number of carbonyl (C=O) groups excluding carboxylic acids is 1. The first kappa shape index (κ1) is 14.9. The molecule has 1 aliphatic carbocycles. The molecule has 0 aliphatic heterocycles. The van der Waals surface area contributed by atoms with Crippen molar-refractivity contribution in [3.8, 4) is 5.88 Å². The second-order valence-corrected chi connectivity index (χ2v) is 6.11. The third kappa shape index (κ3) is 3.52. The van der Waals surface area contributed by atoms with Crippen molar-refractivity contribution in [1.29, 1.82) is 0 Å². The molecule has 1 heterocycles. The molecule has 2 rings (SSSR count). The topological polar surface area (TPSA) is 53.4 Å². The van der Waals surface area contributed by atoms with E-state index in [0.717, 1.165) is 31.4 Å². The molecule has 0 amide bonds. The third-order valence-corrected chi connectivity index (χ3v) is 3.20. The van der Waals surface area contributed by atoms with Crippen molar-refractivity contribution in [3.63, 3.8) is 0 Å². The van der Waals surface area contributed by atoms with Gasteiger partial charge in [0.1, 0.15) is 12.1 Å². The Kier molecular flexibility index (Phi) is 4.35. The quantitative estimate of drug-likeness (QED) is 0.795. The fourth-order valence-electron chi connectivity index (χ4n) is 2.51. The zero-order valence-electron chi connectivity index (χ0n) is 12.9. The molecule has 5 heteroatoms. The second-order valence-electron chi connectivity index (χ2n) is 6.11. The summed E-state index contributed by atoms with van der Waals surface area (Å²) in [6.07, 6.45) is 4.24. The Morgan fingerprint density at radius 3 is 2.65 bits per heavy atom. The van der Waals surface area contributed by atoms with E-state index in [1.165, 1.54) is 5.56 Å². The number of hydrogen-bond donors (Lipinski definition) is 0. The van der Waals surface area contributed by atoms with Gasteiger partial charge in [0.15, 0.2) is 0 Å². The summed E-state index contributed by atoms with van der Waals surface area (Å²) >= 11 is 0. The van der Waals surface area contributed by atoms with E-state index >= 15 is 0 Å². The van der Waals surface area contributed by atoms with Gasteiger partial charge in [-0.15, -0.1) is 5.10 Å². The first-order chi connectivity index (χ1) is 9.40. The summed E-state index contributed by atoms with van der Waals surface area (Å²) in [5, 5.41) is 4.45. The fourth-order valence-corrected chi connectivity index (χ4v) is 2.51. The molecule has 112 valence electrons. The molecule has 0 spiro atoms. The highest BCUT2D eigenvalue weighted by atomic mass is 16.6. The molecule has 0 unspecified atom stereocenters. The zero-order chi connectivity index (χ0) is 14.8. The highest BCUT2D eigenvalue weighted by Crippen LogP contribution is 2.29. The summed E-state index contributed by atoms with van der Waals surface area (Å²) in [4.78, 5) is 12.0. The van der Waals surface area contributed by atoms with Gasteiger partial charge >= 0.3 is 5.97 Å². The van der Waals surface area contributed by atoms with Gasteiger partial charge in [0.25, 0.3) is 0 Å². The number of fused-ring (bicyclic) bond motifs is 1. The molecule has 0 N–H and O–H groups in total. The molecule has 0 radical (unpaired) electrons. The molecule has 1 aliphatic rings. The van der Waals surface area contributed by atoms with Crippen LogP contribution >= 0.6 is 0 Å². The highest BCUT2D eigenvalue weighted by molar-refractivity contribution is 5.69. The van der Waals surface area contributed by atoms with Gasteiger partial charge in [-0.05, 0) is 53.4 Å². The van der Waals surface area contributed by atoms with Crippen LogP contribution in [0.5, 0.6) is 5.88 Å². The van der Waals surface area contributed by atoms with Crippen LogP contribution in [0.3, 0.4) is 0 Å². The number of esters is 1. The molecule has 0 bridgehead atoms. The molecule has 1 aromatic rings. The van der Waals surface area contributed by atoms with E-state index in [4.69, 9.17) is 9.47 Å². The first-order valence-corrected chi connectivity index (χ1v) is 7.34.